The molecule has 1 aromatic rings. The van der Waals surface area contributed by atoms with Crippen molar-refractivity contribution in [2.45, 2.75) is 23.5 Å². The number of methoxy groups -OCH3 is 1. The molecule has 0 spiro atoms. The summed E-state index contributed by atoms with van der Waals surface area (Å²) in [5.74, 6) is -0.280. The molecule has 8 heteroatoms. The van der Waals surface area contributed by atoms with Crippen LogP contribution in [0.5, 0.6) is 0 Å². The summed E-state index contributed by atoms with van der Waals surface area (Å²) in [6, 6.07) is 5.23. The van der Waals surface area contributed by atoms with Gasteiger partial charge in [-0.2, -0.15) is 4.31 Å². The molecule has 122 valence electrons. The van der Waals surface area contributed by atoms with Gasteiger partial charge in [0.1, 0.15) is 0 Å². The molecule has 0 radical (unpaired) electrons. The van der Waals surface area contributed by atoms with Crippen LogP contribution in [0.3, 0.4) is 0 Å². The van der Waals surface area contributed by atoms with Crippen molar-refractivity contribution in [3.05, 3.63) is 29.8 Å². The van der Waals surface area contributed by atoms with Gasteiger partial charge in [0.05, 0.1) is 23.6 Å². The molecule has 1 aliphatic heterocycles. The van der Waals surface area contributed by atoms with Gasteiger partial charge in [-0.15, -0.1) is 0 Å². The Balaban J connectivity index is 2.28. The average molecular weight is 328 g/mol. The lowest BCUT2D eigenvalue weighted by Gasteiger charge is -2.22. The first-order valence-corrected chi connectivity index (χ1v) is 8.35. The van der Waals surface area contributed by atoms with E-state index >= 15 is 0 Å². The van der Waals surface area contributed by atoms with E-state index in [4.69, 9.17) is 4.74 Å². The first-order valence-electron chi connectivity index (χ1n) is 6.91. The lowest BCUT2D eigenvalue weighted by atomic mass is 10.2. The molecule has 0 aromatic heterocycles. The largest absolute Gasteiger partial charge is 0.395 e. The summed E-state index contributed by atoms with van der Waals surface area (Å²) < 4.78 is 31.8. The number of hydrogen-bond acceptors (Lipinski definition) is 5. The number of carbonyl (C=O) groups is 1. The molecule has 1 saturated heterocycles. The van der Waals surface area contributed by atoms with Crippen LogP contribution in [0.4, 0.5) is 0 Å². The van der Waals surface area contributed by atoms with Crippen molar-refractivity contribution >= 4 is 15.9 Å². The monoisotopic (exact) mass is 328 g/mol. The van der Waals surface area contributed by atoms with E-state index in [-0.39, 0.29) is 30.1 Å². The van der Waals surface area contributed by atoms with Crippen molar-refractivity contribution in [3.63, 3.8) is 0 Å². The molecule has 0 bridgehead atoms. The second-order valence-electron chi connectivity index (χ2n) is 5.11. The number of amides is 1. The number of nitrogens with zero attached hydrogens (tertiary/aromatic N) is 1. The molecule has 1 amide bonds. The minimum Gasteiger partial charge on any atom is -0.395 e. The normalized spacial score (nSPS) is 22.7. The zero-order valence-corrected chi connectivity index (χ0v) is 13.3. The number of ether oxygens (including phenoxy) is 1. The predicted octanol–water partition coefficient (Wildman–Crippen LogP) is -0.183. The average Bonchev–Trinajstić information content (AvgIpc) is 2.98. The molecule has 1 aliphatic rings. The van der Waals surface area contributed by atoms with Crippen LogP contribution in [0.15, 0.2) is 29.2 Å². The molecule has 1 fully saturated rings. The molecule has 7 nitrogen and oxygen atoms in total. The standard InChI is InChI=1S/C14H20N2O5S/c1-15-14(18)10-3-5-13(6-4-10)22(19,20)16-8-12(21-2)7-11(16)9-17/h3-6,11-12,17H,7-9H2,1-2H3,(H,15,18)/t11-,12+/m0/s1. The molecule has 1 heterocycles. The Morgan fingerprint density at radius 2 is 2.05 bits per heavy atom. The summed E-state index contributed by atoms with van der Waals surface area (Å²) in [6.45, 7) is -0.0450. The smallest absolute Gasteiger partial charge is 0.251 e. The van der Waals surface area contributed by atoms with E-state index < -0.39 is 16.1 Å². The van der Waals surface area contributed by atoms with Gasteiger partial charge in [0.2, 0.25) is 10.0 Å². The highest BCUT2D eigenvalue weighted by Crippen LogP contribution is 2.27. The van der Waals surface area contributed by atoms with Gasteiger partial charge in [-0.05, 0) is 30.7 Å². The van der Waals surface area contributed by atoms with Crippen LogP contribution < -0.4 is 5.32 Å². The molecule has 0 aliphatic carbocycles. The Bertz CT molecular complexity index is 629. The quantitative estimate of drug-likeness (QED) is 0.781. The second-order valence-corrected chi connectivity index (χ2v) is 7.00. The van der Waals surface area contributed by atoms with E-state index in [1.807, 2.05) is 0 Å². The summed E-state index contributed by atoms with van der Waals surface area (Å²) in [4.78, 5) is 11.6. The van der Waals surface area contributed by atoms with Crippen LogP contribution in [-0.2, 0) is 14.8 Å². The van der Waals surface area contributed by atoms with Crippen molar-refractivity contribution < 1.29 is 23.1 Å². The molecular weight excluding hydrogens is 308 g/mol. The van der Waals surface area contributed by atoms with Crippen LogP contribution >= 0.6 is 0 Å². The Morgan fingerprint density at radius 3 is 2.55 bits per heavy atom. The van der Waals surface area contributed by atoms with E-state index in [9.17, 15) is 18.3 Å². The number of benzene rings is 1. The van der Waals surface area contributed by atoms with Gasteiger partial charge in [-0.1, -0.05) is 0 Å². The number of nitrogens with one attached hydrogen (secondary N) is 1. The summed E-state index contributed by atoms with van der Waals surface area (Å²) in [7, 11) is -0.701. The summed E-state index contributed by atoms with van der Waals surface area (Å²) in [5, 5.41) is 11.9. The third-order valence-electron chi connectivity index (χ3n) is 3.82. The minimum absolute atomic E-state index is 0.0929. The van der Waals surface area contributed by atoms with E-state index in [0.29, 0.717) is 12.0 Å². The third kappa shape index (κ3) is 3.14. The first-order chi connectivity index (χ1) is 10.4. The highest BCUT2D eigenvalue weighted by Gasteiger charge is 2.40. The third-order valence-corrected chi connectivity index (χ3v) is 5.75. The fraction of sp³-hybridized carbons (Fsp3) is 0.500. The highest BCUT2D eigenvalue weighted by atomic mass is 32.2. The highest BCUT2D eigenvalue weighted by molar-refractivity contribution is 7.89. The fourth-order valence-corrected chi connectivity index (χ4v) is 4.19. The van der Waals surface area contributed by atoms with Gasteiger partial charge in [-0.25, -0.2) is 8.42 Å². The Hall–Kier alpha value is -1.48. The van der Waals surface area contributed by atoms with Crippen molar-refractivity contribution in [1.82, 2.24) is 9.62 Å². The maximum atomic E-state index is 12.7. The Labute approximate surface area is 129 Å². The molecule has 0 unspecified atom stereocenters. The lowest BCUT2D eigenvalue weighted by Crippen LogP contribution is -2.38. The van der Waals surface area contributed by atoms with Gasteiger partial charge in [0.25, 0.3) is 5.91 Å². The van der Waals surface area contributed by atoms with E-state index in [1.54, 1.807) is 0 Å². The number of sulfonamides is 1. The van der Waals surface area contributed by atoms with Crippen LogP contribution in [-0.4, -0.2) is 63.2 Å². The first kappa shape index (κ1) is 16.9. The van der Waals surface area contributed by atoms with Crippen LogP contribution in [0, 0.1) is 0 Å². The Morgan fingerprint density at radius 1 is 1.41 bits per heavy atom. The zero-order chi connectivity index (χ0) is 16.3. The second kappa shape index (κ2) is 6.74. The van der Waals surface area contributed by atoms with Gasteiger partial charge >= 0.3 is 0 Å². The maximum Gasteiger partial charge on any atom is 0.251 e. The molecule has 2 atom stereocenters. The minimum atomic E-state index is -3.73. The topological polar surface area (TPSA) is 95.9 Å². The Kier molecular flexibility index (Phi) is 5.17. The van der Waals surface area contributed by atoms with E-state index in [1.165, 1.54) is 42.7 Å². The van der Waals surface area contributed by atoms with Crippen molar-refractivity contribution in [2.75, 3.05) is 27.3 Å². The molecular formula is C14H20N2O5S. The van der Waals surface area contributed by atoms with Gasteiger partial charge in [-0.3, -0.25) is 4.79 Å². The summed E-state index contributed by atoms with van der Waals surface area (Å²) in [6.07, 6.45) is 0.236. The number of carbonyl (C=O) groups excluding carboxylic acids is 1. The number of aliphatic hydroxyl groups is 1. The van der Waals surface area contributed by atoms with Crippen molar-refractivity contribution in [1.29, 1.82) is 0 Å². The lowest BCUT2D eigenvalue weighted by molar-refractivity contribution is 0.0963. The number of aliphatic hydroxyl groups excluding tert-OH is 1. The van der Waals surface area contributed by atoms with Crippen molar-refractivity contribution in [2.24, 2.45) is 0 Å². The zero-order valence-electron chi connectivity index (χ0n) is 12.5. The fourth-order valence-electron chi connectivity index (χ4n) is 2.53. The van der Waals surface area contributed by atoms with E-state index in [0.717, 1.165) is 0 Å². The molecule has 0 saturated carbocycles. The molecule has 22 heavy (non-hydrogen) atoms. The molecule has 2 N–H and O–H groups in total. The number of hydrogen-bond donors (Lipinski definition) is 2. The van der Waals surface area contributed by atoms with Gasteiger partial charge in [0.15, 0.2) is 0 Å². The SMILES string of the molecule is CNC(=O)c1ccc(S(=O)(=O)N2C[C@H](OC)C[C@H]2CO)cc1. The van der Waals surface area contributed by atoms with Crippen LogP contribution in [0.2, 0.25) is 0 Å². The van der Waals surface area contributed by atoms with Crippen LogP contribution in [0.25, 0.3) is 0 Å². The van der Waals surface area contributed by atoms with Gasteiger partial charge < -0.3 is 15.2 Å². The summed E-state index contributed by atoms with van der Waals surface area (Å²) >= 11 is 0. The van der Waals surface area contributed by atoms with Crippen molar-refractivity contribution in [3.8, 4) is 0 Å². The predicted molar refractivity (Wildman–Crippen MR) is 80.0 cm³/mol. The van der Waals surface area contributed by atoms with Crippen LogP contribution in [0.1, 0.15) is 16.8 Å². The maximum absolute atomic E-state index is 12.7. The number of rotatable bonds is 5. The van der Waals surface area contributed by atoms with E-state index in [2.05, 4.69) is 5.32 Å². The molecule has 2 rings (SSSR count). The molecule has 1 aromatic carbocycles. The summed E-state index contributed by atoms with van der Waals surface area (Å²) in [5.41, 5.74) is 0.386. The van der Waals surface area contributed by atoms with Gasteiger partial charge in [0, 0.05) is 26.3 Å².